The van der Waals surface area contributed by atoms with Gasteiger partial charge in [0.15, 0.2) is 5.17 Å². The number of thioether (sulfide) groups is 1. The van der Waals surface area contributed by atoms with Gasteiger partial charge in [0.2, 0.25) is 0 Å². The molecule has 0 spiro atoms. The highest BCUT2D eigenvalue weighted by molar-refractivity contribution is 9.10. The molecule has 23 heavy (non-hydrogen) atoms. The Bertz CT molecular complexity index is 796. The van der Waals surface area contributed by atoms with Crippen LogP contribution in [0.5, 0.6) is 0 Å². The summed E-state index contributed by atoms with van der Waals surface area (Å²) < 4.78 is 0.996. The molecule has 1 N–H and O–H groups in total. The smallest absolute Gasteiger partial charge is 0.264 e. The first-order valence-electron chi connectivity index (χ1n) is 6.97. The van der Waals surface area contributed by atoms with Crippen LogP contribution in [0.4, 0.5) is 5.69 Å². The average Bonchev–Trinajstić information content (AvgIpc) is 2.90. The lowest BCUT2D eigenvalue weighted by Crippen LogP contribution is -2.19. The lowest BCUT2D eigenvalue weighted by molar-refractivity contribution is -0.115. The van der Waals surface area contributed by atoms with Crippen molar-refractivity contribution in [3.8, 4) is 0 Å². The molecular weight excluding hydrogens is 372 g/mol. The van der Waals surface area contributed by atoms with E-state index in [2.05, 4.69) is 26.2 Å². The van der Waals surface area contributed by atoms with Gasteiger partial charge in [0, 0.05) is 4.47 Å². The second-order valence-electron chi connectivity index (χ2n) is 4.75. The van der Waals surface area contributed by atoms with Crippen molar-refractivity contribution in [1.82, 2.24) is 5.32 Å². The van der Waals surface area contributed by atoms with Crippen molar-refractivity contribution in [3.63, 3.8) is 0 Å². The van der Waals surface area contributed by atoms with Crippen LogP contribution in [-0.2, 0) is 4.79 Å². The van der Waals surface area contributed by atoms with E-state index in [9.17, 15) is 4.79 Å². The van der Waals surface area contributed by atoms with Crippen molar-refractivity contribution in [3.05, 3.63) is 81.7 Å². The molecule has 1 saturated heterocycles. The van der Waals surface area contributed by atoms with Gasteiger partial charge in [-0.25, -0.2) is 4.99 Å². The summed E-state index contributed by atoms with van der Waals surface area (Å²) in [7, 11) is 0. The molecule has 114 valence electrons. The molecule has 3 nitrogen and oxygen atoms in total. The van der Waals surface area contributed by atoms with Gasteiger partial charge in [-0.3, -0.25) is 4.79 Å². The molecule has 0 radical (unpaired) electrons. The number of carbonyl (C=O) groups excluding carboxylic acids is 1. The van der Waals surface area contributed by atoms with Crippen LogP contribution in [0.3, 0.4) is 0 Å². The largest absolute Gasteiger partial charge is 0.300 e. The van der Waals surface area contributed by atoms with Gasteiger partial charge in [0.05, 0.1) is 10.6 Å². The molecule has 2 aromatic carbocycles. The molecule has 0 aliphatic carbocycles. The normalized spacial score (nSPS) is 18.0. The third kappa shape index (κ3) is 4.43. The maximum absolute atomic E-state index is 11.9. The summed E-state index contributed by atoms with van der Waals surface area (Å²) in [6.07, 6.45) is 5.64. The van der Waals surface area contributed by atoms with Gasteiger partial charge in [0.1, 0.15) is 0 Å². The summed E-state index contributed by atoms with van der Waals surface area (Å²) in [5.74, 6) is -0.122. The Labute approximate surface area is 147 Å². The highest BCUT2D eigenvalue weighted by atomic mass is 79.9. The summed E-state index contributed by atoms with van der Waals surface area (Å²) in [5, 5.41) is 3.37. The van der Waals surface area contributed by atoms with Crippen molar-refractivity contribution in [2.24, 2.45) is 4.99 Å². The lowest BCUT2D eigenvalue weighted by atomic mass is 10.2. The van der Waals surface area contributed by atoms with Gasteiger partial charge in [-0.05, 0) is 47.7 Å². The minimum Gasteiger partial charge on any atom is -0.300 e. The Morgan fingerprint density at radius 1 is 1.04 bits per heavy atom. The minimum absolute atomic E-state index is 0.122. The predicted molar refractivity (Wildman–Crippen MR) is 101 cm³/mol. The van der Waals surface area contributed by atoms with Crippen LogP contribution in [0.25, 0.3) is 6.08 Å². The van der Waals surface area contributed by atoms with Gasteiger partial charge in [-0.2, -0.15) is 0 Å². The number of hydrogen-bond acceptors (Lipinski definition) is 3. The average molecular weight is 385 g/mol. The molecule has 1 amide bonds. The zero-order valence-corrected chi connectivity index (χ0v) is 14.5. The lowest BCUT2D eigenvalue weighted by Gasteiger charge is -1.96. The van der Waals surface area contributed by atoms with Crippen LogP contribution < -0.4 is 5.32 Å². The molecule has 0 atom stereocenters. The molecule has 1 heterocycles. The standard InChI is InChI=1S/C18H13BrN2OS/c19-14-9-11-15(12-10-14)20-18-21-17(22)16(23-18)8-4-7-13-5-2-1-3-6-13/h1-12H,(H,20,21,22)/b7-4-,16-8+. The molecule has 0 saturated carbocycles. The molecule has 1 fully saturated rings. The van der Waals surface area contributed by atoms with Crippen molar-refractivity contribution in [2.45, 2.75) is 0 Å². The minimum atomic E-state index is -0.122. The van der Waals surface area contributed by atoms with Crippen LogP contribution in [0, 0.1) is 0 Å². The Hall–Kier alpha value is -2.11. The van der Waals surface area contributed by atoms with Crippen LogP contribution in [0.2, 0.25) is 0 Å². The first-order chi connectivity index (χ1) is 11.2. The number of carbonyl (C=O) groups is 1. The van der Waals surface area contributed by atoms with E-state index in [4.69, 9.17) is 0 Å². The molecule has 1 aliphatic heterocycles. The molecular formula is C18H13BrN2OS. The zero-order valence-electron chi connectivity index (χ0n) is 12.1. The van der Waals surface area contributed by atoms with Crippen LogP contribution in [-0.4, -0.2) is 11.1 Å². The number of rotatable bonds is 3. The SMILES string of the molecule is O=C1NC(=Nc2ccc(Br)cc2)S/C1=C/C=C\c1ccccc1. The Kier molecular flexibility index (Phi) is 5.10. The number of halogens is 1. The maximum atomic E-state index is 11.9. The third-order valence-electron chi connectivity index (χ3n) is 3.04. The fraction of sp³-hybridized carbons (Fsp3) is 0. The predicted octanol–water partition coefficient (Wildman–Crippen LogP) is 4.90. The fourth-order valence-electron chi connectivity index (χ4n) is 1.94. The van der Waals surface area contributed by atoms with E-state index in [-0.39, 0.29) is 5.91 Å². The van der Waals surface area contributed by atoms with E-state index >= 15 is 0 Å². The number of amidine groups is 1. The topological polar surface area (TPSA) is 41.5 Å². The van der Waals surface area contributed by atoms with E-state index in [1.54, 1.807) is 6.08 Å². The molecule has 0 bridgehead atoms. The monoisotopic (exact) mass is 384 g/mol. The molecule has 2 aromatic rings. The number of amides is 1. The molecule has 3 rings (SSSR count). The number of nitrogens with one attached hydrogen (secondary N) is 1. The second kappa shape index (κ2) is 7.44. The Morgan fingerprint density at radius 3 is 2.52 bits per heavy atom. The zero-order chi connectivity index (χ0) is 16.1. The van der Waals surface area contributed by atoms with Gasteiger partial charge < -0.3 is 5.32 Å². The van der Waals surface area contributed by atoms with E-state index < -0.39 is 0 Å². The molecule has 1 aliphatic rings. The van der Waals surface area contributed by atoms with Crippen molar-refractivity contribution >= 4 is 50.5 Å². The van der Waals surface area contributed by atoms with E-state index in [0.717, 1.165) is 15.7 Å². The van der Waals surface area contributed by atoms with Gasteiger partial charge in [0.25, 0.3) is 5.91 Å². The van der Waals surface area contributed by atoms with Gasteiger partial charge in [-0.1, -0.05) is 58.4 Å². The van der Waals surface area contributed by atoms with Crippen molar-refractivity contribution < 1.29 is 4.79 Å². The number of nitrogens with zero attached hydrogens (tertiary/aromatic N) is 1. The first kappa shape index (κ1) is 15.8. The summed E-state index contributed by atoms with van der Waals surface area (Å²) >= 11 is 4.73. The van der Waals surface area contributed by atoms with Crippen LogP contribution in [0.1, 0.15) is 5.56 Å². The fourth-order valence-corrected chi connectivity index (χ4v) is 3.00. The third-order valence-corrected chi connectivity index (χ3v) is 4.50. The summed E-state index contributed by atoms with van der Waals surface area (Å²) in [4.78, 5) is 17.0. The van der Waals surface area contributed by atoms with Crippen LogP contribution in [0.15, 0.2) is 81.1 Å². The number of allylic oxidation sites excluding steroid dienone is 2. The summed E-state index contributed by atoms with van der Waals surface area (Å²) in [6.45, 7) is 0. The number of aliphatic imine (C=N–C) groups is 1. The second-order valence-corrected chi connectivity index (χ2v) is 6.70. The highest BCUT2D eigenvalue weighted by Gasteiger charge is 2.22. The Morgan fingerprint density at radius 2 is 1.78 bits per heavy atom. The molecule has 0 aromatic heterocycles. The van der Waals surface area contributed by atoms with Gasteiger partial charge in [-0.15, -0.1) is 0 Å². The van der Waals surface area contributed by atoms with Crippen molar-refractivity contribution in [2.75, 3.05) is 0 Å². The molecule has 5 heteroatoms. The highest BCUT2D eigenvalue weighted by Crippen LogP contribution is 2.26. The van der Waals surface area contributed by atoms with Crippen LogP contribution >= 0.6 is 27.7 Å². The number of benzene rings is 2. The summed E-state index contributed by atoms with van der Waals surface area (Å²) in [5.41, 5.74) is 1.90. The van der Waals surface area contributed by atoms with Gasteiger partial charge >= 0.3 is 0 Å². The first-order valence-corrected chi connectivity index (χ1v) is 8.58. The number of hydrogen-bond donors (Lipinski definition) is 1. The van der Waals surface area contributed by atoms with E-state index in [1.807, 2.05) is 66.7 Å². The van der Waals surface area contributed by atoms with Crippen molar-refractivity contribution in [1.29, 1.82) is 0 Å². The Balaban J connectivity index is 1.71. The molecule has 0 unspecified atom stereocenters. The quantitative estimate of drug-likeness (QED) is 0.764. The summed E-state index contributed by atoms with van der Waals surface area (Å²) in [6, 6.07) is 17.6. The maximum Gasteiger partial charge on any atom is 0.264 e. The van der Waals surface area contributed by atoms with E-state index in [0.29, 0.717) is 10.1 Å². The van der Waals surface area contributed by atoms with E-state index in [1.165, 1.54) is 11.8 Å².